The summed E-state index contributed by atoms with van der Waals surface area (Å²) in [5.74, 6) is 2.55. The maximum atomic E-state index is 13.1. The zero-order valence-corrected chi connectivity index (χ0v) is 17.9. The van der Waals surface area contributed by atoms with Gasteiger partial charge >= 0.3 is 0 Å². The van der Waals surface area contributed by atoms with Crippen molar-refractivity contribution in [2.75, 3.05) is 37.7 Å². The summed E-state index contributed by atoms with van der Waals surface area (Å²) in [6.45, 7) is 4.76. The number of aromatic nitrogens is 3. The first-order valence-corrected chi connectivity index (χ1v) is 11.9. The average Bonchev–Trinajstić information content (AvgIpc) is 3.22. The van der Waals surface area contributed by atoms with Crippen LogP contribution in [0.1, 0.15) is 28.8 Å². The van der Waals surface area contributed by atoms with Crippen molar-refractivity contribution in [3.05, 3.63) is 60.0 Å². The Kier molecular flexibility index (Phi) is 5.73. The Hall–Kier alpha value is -2.38. The molecule has 2 aromatic heterocycles. The molecule has 4 heterocycles. The topological polar surface area (TPSA) is 54.3 Å². The first-order valence-electron chi connectivity index (χ1n) is 10.7. The summed E-state index contributed by atoms with van der Waals surface area (Å²) in [7, 11) is 0. The molecular formula is C23H27N5OS. The number of nitrogens with zero attached hydrogens (tertiary/aromatic N) is 5. The molecule has 0 spiro atoms. The smallest absolute Gasteiger partial charge is 0.255 e. The highest BCUT2D eigenvalue weighted by atomic mass is 32.2. The zero-order chi connectivity index (χ0) is 20.3. The second-order valence-electron chi connectivity index (χ2n) is 8.10. The van der Waals surface area contributed by atoms with Gasteiger partial charge in [0.2, 0.25) is 0 Å². The monoisotopic (exact) mass is 421 g/mol. The van der Waals surface area contributed by atoms with Gasteiger partial charge in [0.05, 0.1) is 18.4 Å². The maximum Gasteiger partial charge on any atom is 0.255 e. The number of fused-ring (bicyclic) bond motifs is 1. The lowest BCUT2D eigenvalue weighted by Crippen LogP contribution is -2.49. The van der Waals surface area contributed by atoms with Crippen LogP contribution in [0.2, 0.25) is 0 Å². The molecule has 1 aromatic carbocycles. The number of piperidine rings is 1. The third-order valence-corrected chi connectivity index (χ3v) is 7.15. The van der Waals surface area contributed by atoms with E-state index in [1.807, 2.05) is 45.5 Å². The van der Waals surface area contributed by atoms with Crippen molar-refractivity contribution in [3.8, 4) is 0 Å². The Labute approximate surface area is 181 Å². The van der Waals surface area contributed by atoms with Gasteiger partial charge in [-0.15, -0.1) is 0 Å². The lowest BCUT2D eigenvalue weighted by molar-refractivity contribution is 0.0630. The number of hydrogen-bond acceptors (Lipinski definition) is 5. The molecule has 0 bridgehead atoms. The minimum Gasteiger partial charge on any atom is -0.338 e. The minimum atomic E-state index is 0.0784. The van der Waals surface area contributed by atoms with Crippen LogP contribution >= 0.6 is 11.8 Å². The molecule has 156 valence electrons. The quantitative estimate of drug-likeness (QED) is 0.648. The summed E-state index contributed by atoms with van der Waals surface area (Å²) in [4.78, 5) is 26.7. The van der Waals surface area contributed by atoms with Gasteiger partial charge in [-0.1, -0.05) is 30.3 Å². The van der Waals surface area contributed by atoms with Gasteiger partial charge in [0, 0.05) is 49.9 Å². The second kappa shape index (κ2) is 8.78. The van der Waals surface area contributed by atoms with E-state index in [0.717, 1.165) is 43.6 Å². The van der Waals surface area contributed by atoms with Crippen molar-refractivity contribution in [2.24, 2.45) is 0 Å². The van der Waals surface area contributed by atoms with E-state index in [2.05, 4.69) is 27.0 Å². The molecule has 0 aliphatic carbocycles. The molecule has 0 atom stereocenters. The van der Waals surface area contributed by atoms with E-state index in [9.17, 15) is 4.79 Å². The van der Waals surface area contributed by atoms with Crippen molar-refractivity contribution in [1.82, 2.24) is 24.3 Å². The van der Waals surface area contributed by atoms with E-state index in [1.165, 1.54) is 30.2 Å². The van der Waals surface area contributed by atoms with Crippen molar-refractivity contribution in [3.63, 3.8) is 0 Å². The van der Waals surface area contributed by atoms with Gasteiger partial charge in [0.1, 0.15) is 5.52 Å². The van der Waals surface area contributed by atoms with E-state index in [0.29, 0.717) is 11.6 Å². The molecule has 0 unspecified atom stereocenters. The molecule has 2 fully saturated rings. The first-order chi connectivity index (χ1) is 14.8. The van der Waals surface area contributed by atoms with Crippen LogP contribution in [0.4, 0.5) is 0 Å². The van der Waals surface area contributed by atoms with Gasteiger partial charge in [-0.05, 0) is 24.5 Å². The second-order valence-corrected chi connectivity index (χ2v) is 9.32. The Morgan fingerprint density at radius 1 is 1.03 bits per heavy atom. The van der Waals surface area contributed by atoms with Crippen LogP contribution in [0.5, 0.6) is 0 Å². The highest BCUT2D eigenvalue weighted by molar-refractivity contribution is 7.99. The summed E-state index contributed by atoms with van der Waals surface area (Å²) < 4.78 is 2.03. The summed E-state index contributed by atoms with van der Waals surface area (Å²) in [5.41, 5.74) is 3.43. The van der Waals surface area contributed by atoms with Gasteiger partial charge in [0.15, 0.2) is 5.65 Å². The van der Waals surface area contributed by atoms with Crippen LogP contribution in [-0.4, -0.2) is 74.0 Å². The third-order valence-electron chi connectivity index (χ3n) is 6.21. The standard InChI is InChI=1S/C23H27N5OS/c29-23(27-8-6-20(7-9-27)26-10-12-30-13-11-26)19-14-21-22(24-15-19)28(17-25-21)16-18-4-2-1-3-5-18/h1-5,14-15,17,20H,6-13,16H2. The van der Waals surface area contributed by atoms with Crippen molar-refractivity contribution in [2.45, 2.75) is 25.4 Å². The van der Waals surface area contributed by atoms with Crippen molar-refractivity contribution < 1.29 is 4.79 Å². The van der Waals surface area contributed by atoms with Gasteiger partial charge < -0.3 is 9.47 Å². The number of likely N-dealkylation sites (tertiary alicyclic amines) is 1. The fourth-order valence-corrected chi connectivity index (χ4v) is 5.45. The molecule has 2 aliphatic rings. The average molecular weight is 422 g/mol. The SMILES string of the molecule is O=C(c1cnc2c(c1)ncn2Cc1ccccc1)N1CCC(N2CCSCC2)CC1. The maximum absolute atomic E-state index is 13.1. The fourth-order valence-electron chi connectivity index (χ4n) is 4.52. The van der Waals surface area contributed by atoms with Gasteiger partial charge in [0.25, 0.3) is 5.91 Å². The van der Waals surface area contributed by atoms with Crippen LogP contribution in [0.3, 0.4) is 0 Å². The Morgan fingerprint density at radius 2 is 1.80 bits per heavy atom. The summed E-state index contributed by atoms with van der Waals surface area (Å²) in [5, 5.41) is 0. The third kappa shape index (κ3) is 4.09. The van der Waals surface area contributed by atoms with E-state index in [-0.39, 0.29) is 5.91 Å². The lowest BCUT2D eigenvalue weighted by Gasteiger charge is -2.40. The van der Waals surface area contributed by atoms with Gasteiger partial charge in [-0.25, -0.2) is 9.97 Å². The molecule has 0 saturated carbocycles. The predicted octanol–water partition coefficient (Wildman–Crippen LogP) is 3.13. The number of rotatable bonds is 4. The van der Waals surface area contributed by atoms with Gasteiger partial charge in [-0.2, -0.15) is 11.8 Å². The molecule has 2 aliphatic heterocycles. The van der Waals surface area contributed by atoms with Crippen LogP contribution in [-0.2, 0) is 6.54 Å². The van der Waals surface area contributed by atoms with Gasteiger partial charge in [-0.3, -0.25) is 9.69 Å². The van der Waals surface area contributed by atoms with Crippen molar-refractivity contribution >= 4 is 28.8 Å². The minimum absolute atomic E-state index is 0.0784. The van der Waals surface area contributed by atoms with E-state index >= 15 is 0 Å². The molecule has 0 N–H and O–H groups in total. The summed E-state index contributed by atoms with van der Waals surface area (Å²) >= 11 is 2.05. The number of imidazole rings is 1. The Bertz CT molecular complexity index is 1010. The number of thioether (sulfide) groups is 1. The zero-order valence-electron chi connectivity index (χ0n) is 17.1. The highest BCUT2D eigenvalue weighted by Gasteiger charge is 2.28. The molecule has 6 nitrogen and oxygen atoms in total. The number of carbonyl (C=O) groups excluding carboxylic acids is 1. The van der Waals surface area contributed by atoms with Crippen LogP contribution in [0, 0.1) is 0 Å². The molecular weight excluding hydrogens is 394 g/mol. The largest absolute Gasteiger partial charge is 0.338 e. The number of hydrogen-bond donors (Lipinski definition) is 0. The molecule has 1 amide bonds. The van der Waals surface area contributed by atoms with Crippen LogP contribution in [0.25, 0.3) is 11.2 Å². The van der Waals surface area contributed by atoms with Crippen LogP contribution in [0.15, 0.2) is 48.9 Å². The summed E-state index contributed by atoms with van der Waals surface area (Å²) in [6.07, 6.45) is 5.65. The number of pyridine rings is 1. The molecule has 2 saturated heterocycles. The fraction of sp³-hybridized carbons (Fsp3) is 0.435. The van der Waals surface area contributed by atoms with E-state index in [1.54, 1.807) is 12.5 Å². The Balaban J connectivity index is 1.25. The summed E-state index contributed by atoms with van der Waals surface area (Å²) in [6, 6.07) is 12.8. The number of carbonyl (C=O) groups is 1. The normalized spacial score (nSPS) is 18.7. The number of benzene rings is 1. The van der Waals surface area contributed by atoms with Crippen molar-refractivity contribution in [1.29, 1.82) is 0 Å². The highest BCUT2D eigenvalue weighted by Crippen LogP contribution is 2.22. The molecule has 3 aromatic rings. The van der Waals surface area contributed by atoms with Crippen LogP contribution < -0.4 is 0 Å². The number of amides is 1. The molecule has 0 radical (unpaired) electrons. The molecule has 7 heteroatoms. The molecule has 30 heavy (non-hydrogen) atoms. The first kappa shape index (κ1) is 19.6. The van der Waals surface area contributed by atoms with E-state index < -0.39 is 0 Å². The lowest BCUT2D eigenvalue weighted by atomic mass is 10.0. The molecule has 5 rings (SSSR count). The Morgan fingerprint density at radius 3 is 2.57 bits per heavy atom. The van der Waals surface area contributed by atoms with E-state index in [4.69, 9.17) is 0 Å². The predicted molar refractivity (Wildman–Crippen MR) is 121 cm³/mol.